The zero-order valence-electron chi connectivity index (χ0n) is 21.8. The van der Waals surface area contributed by atoms with Crippen LogP contribution >= 0.6 is 0 Å². The van der Waals surface area contributed by atoms with Crippen LogP contribution < -0.4 is 0 Å². The third-order valence-corrected chi connectivity index (χ3v) is 12.9. The second-order valence-corrected chi connectivity index (χ2v) is 14.0. The molecular weight excluding hydrogens is 412 g/mol. The maximum Gasteiger partial charge on any atom is 0.303 e. The van der Waals surface area contributed by atoms with Gasteiger partial charge in [0, 0.05) is 18.8 Å². The lowest BCUT2D eigenvalue weighted by molar-refractivity contribution is -0.181. The first-order valence-electron chi connectivity index (χ1n) is 13.7. The topological polar surface area (TPSA) is 63.6 Å². The number of esters is 1. The van der Waals surface area contributed by atoms with E-state index in [0.717, 1.165) is 18.8 Å². The van der Waals surface area contributed by atoms with Gasteiger partial charge in [0.2, 0.25) is 0 Å². The molecule has 9 atom stereocenters. The van der Waals surface area contributed by atoms with Crippen LogP contribution in [-0.2, 0) is 14.3 Å². The normalized spacial score (nSPS) is 50.2. The van der Waals surface area contributed by atoms with Gasteiger partial charge in [-0.05, 0) is 110 Å². The van der Waals surface area contributed by atoms with Crippen molar-refractivity contribution >= 4 is 11.9 Å². The zero-order valence-corrected chi connectivity index (χ0v) is 21.8. The summed E-state index contributed by atoms with van der Waals surface area (Å²) < 4.78 is 5.86. The number of aliphatic carboxylic acids is 1. The van der Waals surface area contributed by atoms with Crippen LogP contribution in [0.5, 0.6) is 0 Å². The summed E-state index contributed by atoms with van der Waals surface area (Å²) in [7, 11) is 0. The first-order chi connectivity index (χ1) is 15.3. The van der Waals surface area contributed by atoms with Crippen molar-refractivity contribution in [3.8, 4) is 0 Å². The second kappa shape index (κ2) is 7.23. The molecule has 0 aromatic heterocycles. The Morgan fingerprint density at radius 2 is 1.58 bits per heavy atom. The van der Waals surface area contributed by atoms with E-state index >= 15 is 0 Å². The molecule has 0 aliphatic heterocycles. The van der Waals surface area contributed by atoms with Gasteiger partial charge < -0.3 is 9.84 Å². The molecule has 0 radical (unpaired) electrons. The summed E-state index contributed by atoms with van der Waals surface area (Å²) in [6.45, 7) is 13.9. The average molecular weight is 459 g/mol. The van der Waals surface area contributed by atoms with E-state index in [0.29, 0.717) is 45.8 Å². The highest BCUT2D eigenvalue weighted by Crippen LogP contribution is 2.89. The van der Waals surface area contributed by atoms with Crippen LogP contribution in [0.1, 0.15) is 112 Å². The van der Waals surface area contributed by atoms with Gasteiger partial charge in [0.05, 0.1) is 0 Å². The van der Waals surface area contributed by atoms with Crippen molar-refractivity contribution in [1.82, 2.24) is 0 Å². The van der Waals surface area contributed by atoms with E-state index in [1.54, 1.807) is 6.92 Å². The molecular formula is C29H46O4. The van der Waals surface area contributed by atoms with Gasteiger partial charge in [0.25, 0.3) is 0 Å². The Kier molecular flexibility index (Phi) is 5.19. The molecule has 186 valence electrons. The maximum absolute atomic E-state index is 11.8. The quantitative estimate of drug-likeness (QED) is 0.457. The van der Waals surface area contributed by atoms with Crippen molar-refractivity contribution in [2.75, 3.05) is 0 Å². The van der Waals surface area contributed by atoms with Crippen molar-refractivity contribution in [1.29, 1.82) is 0 Å². The van der Waals surface area contributed by atoms with Crippen LogP contribution in [0.15, 0.2) is 0 Å². The summed E-state index contributed by atoms with van der Waals surface area (Å²) in [5.74, 6) is 1.84. The molecule has 4 heteroatoms. The van der Waals surface area contributed by atoms with E-state index in [1.807, 2.05) is 0 Å². The monoisotopic (exact) mass is 458 g/mol. The zero-order chi connectivity index (χ0) is 24.0. The number of hydrogen-bond acceptors (Lipinski definition) is 3. The average Bonchev–Trinajstić information content (AvgIpc) is 3.31. The summed E-state index contributed by atoms with van der Waals surface area (Å²) in [5.41, 5.74) is 1.74. The maximum atomic E-state index is 11.8. The summed E-state index contributed by atoms with van der Waals surface area (Å²) in [6.07, 6.45) is 12.7. The minimum atomic E-state index is -0.652. The number of carboxylic acids is 1. The standard InChI is InChI=1S/C29H46O4/c1-18(7-10-24(31)32)20-11-13-27(6)22-9-8-21-25(3,4)23(33-19(2)30)12-14-28(21)17-29(22,28)16-15-26(20,27)5/h18,20-23H,7-17H2,1-6H3,(H,31,32)/t18-,20-,21+,22+,23+,26-,27+,28-,29+/m1/s1. The fourth-order valence-corrected chi connectivity index (χ4v) is 11.3. The lowest BCUT2D eigenvalue weighted by Crippen LogP contribution is -2.58. The van der Waals surface area contributed by atoms with Crippen LogP contribution in [0.4, 0.5) is 0 Å². The number of carboxylic acid groups (broad SMARTS) is 1. The molecule has 5 fully saturated rings. The van der Waals surface area contributed by atoms with Gasteiger partial charge >= 0.3 is 11.9 Å². The molecule has 2 spiro atoms. The Morgan fingerprint density at radius 3 is 2.24 bits per heavy atom. The van der Waals surface area contributed by atoms with Crippen LogP contribution in [0.3, 0.4) is 0 Å². The molecule has 0 unspecified atom stereocenters. The third kappa shape index (κ3) is 2.94. The highest BCUT2D eigenvalue weighted by Gasteiger charge is 2.82. The predicted octanol–water partition coefficient (Wildman–Crippen LogP) is 6.86. The summed E-state index contributed by atoms with van der Waals surface area (Å²) in [6, 6.07) is 0. The Hall–Kier alpha value is -1.06. The van der Waals surface area contributed by atoms with Crippen LogP contribution in [0.2, 0.25) is 0 Å². The fourth-order valence-electron chi connectivity index (χ4n) is 11.3. The molecule has 0 amide bonds. The molecule has 0 aromatic rings. The number of fused-ring (bicyclic) bond motifs is 2. The lowest BCUT2D eigenvalue weighted by atomic mass is 9.41. The molecule has 0 aromatic carbocycles. The van der Waals surface area contributed by atoms with E-state index in [1.165, 1.54) is 51.4 Å². The summed E-state index contributed by atoms with van der Waals surface area (Å²) in [4.78, 5) is 23.0. The van der Waals surface area contributed by atoms with E-state index in [2.05, 4.69) is 34.6 Å². The van der Waals surface area contributed by atoms with Crippen molar-refractivity contribution in [2.45, 2.75) is 118 Å². The SMILES string of the molecule is CC(=O)O[C@H]1CC[C@]23C[C@]24CC[C@]2(C)[C@@H]([C@H](C)CCC(=O)O)CC[C@@]2(C)[C@@H]4CC[C@H]3C1(C)C. The molecule has 33 heavy (non-hydrogen) atoms. The highest BCUT2D eigenvalue weighted by molar-refractivity contribution is 5.66. The Bertz CT molecular complexity index is 849. The Balaban J connectivity index is 1.41. The second-order valence-electron chi connectivity index (χ2n) is 14.0. The number of ether oxygens (including phenoxy) is 1. The minimum absolute atomic E-state index is 0.0591. The van der Waals surface area contributed by atoms with Crippen molar-refractivity contribution in [3.63, 3.8) is 0 Å². The summed E-state index contributed by atoms with van der Waals surface area (Å²) in [5, 5.41) is 9.24. The van der Waals surface area contributed by atoms with Crippen molar-refractivity contribution in [3.05, 3.63) is 0 Å². The Morgan fingerprint density at radius 1 is 0.909 bits per heavy atom. The van der Waals surface area contributed by atoms with Gasteiger partial charge in [-0.1, -0.05) is 34.6 Å². The molecule has 5 aliphatic rings. The highest BCUT2D eigenvalue weighted by atomic mass is 16.5. The molecule has 5 aliphatic carbocycles. The molecule has 0 bridgehead atoms. The number of rotatable bonds is 5. The molecule has 5 saturated carbocycles. The number of carbonyl (C=O) groups is 2. The molecule has 0 saturated heterocycles. The van der Waals surface area contributed by atoms with Gasteiger partial charge in [0.1, 0.15) is 6.10 Å². The number of hydrogen-bond donors (Lipinski definition) is 1. The summed E-state index contributed by atoms with van der Waals surface area (Å²) >= 11 is 0. The predicted molar refractivity (Wildman–Crippen MR) is 128 cm³/mol. The smallest absolute Gasteiger partial charge is 0.303 e. The van der Waals surface area contributed by atoms with E-state index in [-0.39, 0.29) is 17.5 Å². The Labute approximate surface area is 200 Å². The minimum Gasteiger partial charge on any atom is -0.481 e. The third-order valence-electron chi connectivity index (χ3n) is 12.9. The lowest BCUT2D eigenvalue weighted by Gasteiger charge is -2.63. The fraction of sp³-hybridized carbons (Fsp3) is 0.931. The molecule has 0 heterocycles. The van der Waals surface area contributed by atoms with Gasteiger partial charge in [-0.25, -0.2) is 0 Å². The first kappa shape index (κ1) is 23.7. The van der Waals surface area contributed by atoms with Crippen LogP contribution in [-0.4, -0.2) is 23.1 Å². The van der Waals surface area contributed by atoms with E-state index < -0.39 is 5.97 Å². The molecule has 5 rings (SSSR count). The van der Waals surface area contributed by atoms with Gasteiger partial charge in [0.15, 0.2) is 0 Å². The van der Waals surface area contributed by atoms with E-state index in [4.69, 9.17) is 4.74 Å². The van der Waals surface area contributed by atoms with Crippen LogP contribution in [0.25, 0.3) is 0 Å². The van der Waals surface area contributed by atoms with E-state index in [9.17, 15) is 14.7 Å². The molecule has 4 nitrogen and oxygen atoms in total. The first-order valence-corrected chi connectivity index (χ1v) is 13.7. The van der Waals surface area contributed by atoms with Crippen molar-refractivity contribution in [2.24, 2.45) is 50.7 Å². The largest absolute Gasteiger partial charge is 0.481 e. The van der Waals surface area contributed by atoms with Crippen LogP contribution in [0, 0.1) is 50.7 Å². The number of carbonyl (C=O) groups excluding carboxylic acids is 1. The van der Waals surface area contributed by atoms with Gasteiger partial charge in [-0.2, -0.15) is 0 Å². The van der Waals surface area contributed by atoms with Gasteiger partial charge in [-0.3, -0.25) is 9.59 Å². The van der Waals surface area contributed by atoms with Gasteiger partial charge in [-0.15, -0.1) is 0 Å². The molecule has 1 N–H and O–H groups in total. The van der Waals surface area contributed by atoms with Crippen molar-refractivity contribution < 1.29 is 19.4 Å².